The normalized spacial score (nSPS) is 12.9. The topological polar surface area (TPSA) is 90.0 Å². The Labute approximate surface area is 115 Å². The van der Waals surface area contributed by atoms with E-state index in [0.29, 0.717) is 12.2 Å². The number of nitrogens with zero attached hydrogens (tertiary/aromatic N) is 2. The Morgan fingerprint density at radius 3 is 2.45 bits per heavy atom. The molecule has 0 fully saturated rings. The van der Waals surface area contributed by atoms with Crippen molar-refractivity contribution >= 4 is 10.0 Å². The van der Waals surface area contributed by atoms with Gasteiger partial charge in [-0.2, -0.15) is 18.3 Å². The fourth-order valence-electron chi connectivity index (χ4n) is 1.81. The van der Waals surface area contributed by atoms with Crippen molar-refractivity contribution in [1.82, 2.24) is 14.5 Å². The molecule has 0 unspecified atom stereocenters. The van der Waals surface area contributed by atoms with Gasteiger partial charge >= 0.3 is 6.18 Å². The highest BCUT2D eigenvalue weighted by Gasteiger charge is 2.29. The smallest absolute Gasteiger partial charge is 0.329 e. The minimum absolute atomic E-state index is 0.0897. The Kier molecular flexibility index (Phi) is 5.16. The molecule has 0 aromatic carbocycles. The number of hydrogen-bond acceptors (Lipinski definition) is 4. The Bertz CT molecular complexity index is 566. The van der Waals surface area contributed by atoms with Crippen LogP contribution in [0.2, 0.25) is 0 Å². The minimum atomic E-state index is -4.41. The average Bonchev–Trinajstić information content (AvgIpc) is 2.52. The number of aromatic nitrogens is 2. The highest BCUT2D eigenvalue weighted by Crippen LogP contribution is 2.21. The lowest BCUT2D eigenvalue weighted by atomic mass is 10.4. The van der Waals surface area contributed by atoms with Crippen molar-refractivity contribution in [3.63, 3.8) is 0 Å². The van der Waals surface area contributed by atoms with Crippen molar-refractivity contribution < 1.29 is 21.6 Å². The van der Waals surface area contributed by atoms with Gasteiger partial charge in [0.1, 0.15) is 4.90 Å². The number of alkyl halides is 3. The second-order valence-electron chi connectivity index (χ2n) is 4.27. The number of halogens is 3. The third-order valence-electron chi connectivity index (χ3n) is 2.63. The van der Waals surface area contributed by atoms with Crippen LogP contribution in [0.4, 0.5) is 13.2 Å². The summed E-state index contributed by atoms with van der Waals surface area (Å²) in [4.78, 5) is -0.0897. The number of nitrogens with one attached hydrogen (secondary N) is 1. The van der Waals surface area contributed by atoms with Gasteiger partial charge < -0.3 is 5.73 Å². The molecule has 1 aromatic heterocycles. The Morgan fingerprint density at radius 2 is 1.95 bits per heavy atom. The summed E-state index contributed by atoms with van der Waals surface area (Å²) >= 11 is 0. The van der Waals surface area contributed by atoms with Crippen molar-refractivity contribution in [2.24, 2.45) is 5.73 Å². The molecule has 20 heavy (non-hydrogen) atoms. The third kappa shape index (κ3) is 4.18. The van der Waals surface area contributed by atoms with Gasteiger partial charge in [0.15, 0.2) is 0 Å². The Balaban J connectivity index is 2.93. The largest absolute Gasteiger partial charge is 0.390 e. The molecule has 0 amide bonds. The minimum Gasteiger partial charge on any atom is -0.329 e. The molecule has 116 valence electrons. The van der Waals surface area contributed by atoms with Crippen LogP contribution in [0.15, 0.2) is 4.90 Å². The molecular weight excluding hydrogens is 297 g/mol. The van der Waals surface area contributed by atoms with Gasteiger partial charge in [-0.05, 0) is 13.8 Å². The highest BCUT2D eigenvalue weighted by molar-refractivity contribution is 7.89. The summed E-state index contributed by atoms with van der Waals surface area (Å²) in [7, 11) is -4.02. The molecule has 0 spiro atoms. The second kappa shape index (κ2) is 6.10. The molecule has 0 radical (unpaired) electrons. The average molecular weight is 314 g/mol. The summed E-state index contributed by atoms with van der Waals surface area (Å²) in [6, 6.07) is 0. The van der Waals surface area contributed by atoms with Crippen molar-refractivity contribution in [2.45, 2.75) is 37.9 Å². The molecule has 0 bridgehead atoms. The number of nitrogens with two attached hydrogens (primary N) is 1. The van der Waals surface area contributed by atoms with Crippen molar-refractivity contribution in [3.05, 3.63) is 11.4 Å². The first-order chi connectivity index (χ1) is 9.08. The van der Waals surface area contributed by atoms with E-state index in [1.165, 1.54) is 18.5 Å². The van der Waals surface area contributed by atoms with E-state index in [1.807, 2.05) is 4.72 Å². The summed E-state index contributed by atoms with van der Waals surface area (Å²) in [5.41, 5.74) is 5.96. The van der Waals surface area contributed by atoms with Crippen LogP contribution in [0, 0.1) is 13.8 Å². The summed E-state index contributed by atoms with van der Waals surface area (Å²) in [5, 5.41) is 4.02. The summed E-state index contributed by atoms with van der Waals surface area (Å²) in [6.07, 6.45) is -5.63. The standard InChI is InChI=1S/C10H17F3N4O2S/c1-7-9(8(2)17(16-7)6-4-14)20(18,19)15-5-3-10(11,12)13/h15H,3-6,14H2,1-2H3. The van der Waals surface area contributed by atoms with Crippen LogP contribution in [0.3, 0.4) is 0 Å². The fourth-order valence-corrected chi connectivity index (χ4v) is 3.25. The quantitative estimate of drug-likeness (QED) is 0.808. The predicted octanol–water partition coefficient (Wildman–Crippen LogP) is 0.689. The number of hydrogen-bond donors (Lipinski definition) is 2. The van der Waals surface area contributed by atoms with Gasteiger partial charge in [0, 0.05) is 13.1 Å². The maximum atomic E-state index is 12.0. The Morgan fingerprint density at radius 1 is 1.35 bits per heavy atom. The van der Waals surface area contributed by atoms with E-state index in [0.717, 1.165) is 0 Å². The van der Waals surface area contributed by atoms with Gasteiger partial charge in [-0.25, -0.2) is 13.1 Å². The molecule has 0 saturated heterocycles. The lowest BCUT2D eigenvalue weighted by Crippen LogP contribution is -2.29. The number of rotatable bonds is 6. The predicted molar refractivity (Wildman–Crippen MR) is 66.6 cm³/mol. The van der Waals surface area contributed by atoms with E-state index in [2.05, 4.69) is 5.10 Å². The van der Waals surface area contributed by atoms with Crippen LogP contribution >= 0.6 is 0 Å². The van der Waals surface area contributed by atoms with E-state index in [4.69, 9.17) is 5.73 Å². The van der Waals surface area contributed by atoms with E-state index in [-0.39, 0.29) is 17.1 Å². The van der Waals surface area contributed by atoms with E-state index < -0.39 is 29.2 Å². The zero-order chi connectivity index (χ0) is 15.6. The van der Waals surface area contributed by atoms with Crippen molar-refractivity contribution in [3.8, 4) is 0 Å². The van der Waals surface area contributed by atoms with E-state index >= 15 is 0 Å². The van der Waals surface area contributed by atoms with Gasteiger partial charge in [-0.15, -0.1) is 0 Å². The molecule has 10 heteroatoms. The Hall–Kier alpha value is -1.13. The summed E-state index contributed by atoms with van der Waals surface area (Å²) in [6.45, 7) is 2.94. The number of aryl methyl sites for hydroxylation is 1. The van der Waals surface area contributed by atoms with Crippen LogP contribution in [0.1, 0.15) is 17.8 Å². The second-order valence-corrected chi connectivity index (χ2v) is 5.98. The molecule has 3 N–H and O–H groups in total. The lowest BCUT2D eigenvalue weighted by molar-refractivity contribution is -0.132. The molecule has 0 aliphatic carbocycles. The molecule has 1 rings (SSSR count). The monoisotopic (exact) mass is 314 g/mol. The molecule has 6 nitrogen and oxygen atoms in total. The van der Waals surface area contributed by atoms with Crippen molar-refractivity contribution in [1.29, 1.82) is 0 Å². The van der Waals surface area contributed by atoms with E-state index in [9.17, 15) is 21.6 Å². The van der Waals surface area contributed by atoms with Gasteiger partial charge in [-0.3, -0.25) is 4.68 Å². The van der Waals surface area contributed by atoms with Crippen LogP contribution < -0.4 is 10.5 Å². The van der Waals surface area contributed by atoms with E-state index in [1.54, 1.807) is 0 Å². The molecule has 0 aliphatic heterocycles. The number of sulfonamides is 1. The SMILES string of the molecule is Cc1nn(CCN)c(C)c1S(=O)(=O)NCCC(F)(F)F. The molecule has 0 atom stereocenters. The zero-order valence-corrected chi connectivity index (χ0v) is 12.0. The zero-order valence-electron chi connectivity index (χ0n) is 11.2. The molecule has 1 heterocycles. The van der Waals surface area contributed by atoms with Gasteiger partial charge in [0.2, 0.25) is 10.0 Å². The molecule has 1 aromatic rings. The van der Waals surface area contributed by atoms with Crippen LogP contribution in [0.25, 0.3) is 0 Å². The first kappa shape index (κ1) is 16.9. The van der Waals surface area contributed by atoms with Crippen LogP contribution in [-0.2, 0) is 16.6 Å². The maximum Gasteiger partial charge on any atom is 0.390 e. The van der Waals surface area contributed by atoms with Crippen LogP contribution in [-0.4, -0.2) is 37.5 Å². The fraction of sp³-hybridized carbons (Fsp3) is 0.700. The molecule has 0 saturated carbocycles. The first-order valence-corrected chi connectivity index (χ1v) is 7.37. The summed E-state index contributed by atoms with van der Waals surface area (Å²) in [5.74, 6) is 0. The summed E-state index contributed by atoms with van der Waals surface area (Å²) < 4.78 is 63.5. The van der Waals surface area contributed by atoms with Crippen molar-refractivity contribution in [2.75, 3.05) is 13.1 Å². The molecular formula is C10H17F3N4O2S. The van der Waals surface area contributed by atoms with Gasteiger partial charge in [0.05, 0.1) is 24.4 Å². The third-order valence-corrected chi connectivity index (χ3v) is 4.34. The van der Waals surface area contributed by atoms with Gasteiger partial charge in [-0.1, -0.05) is 0 Å². The van der Waals surface area contributed by atoms with Crippen LogP contribution in [0.5, 0.6) is 0 Å². The molecule has 0 aliphatic rings. The highest BCUT2D eigenvalue weighted by atomic mass is 32.2. The first-order valence-electron chi connectivity index (χ1n) is 5.89. The van der Waals surface area contributed by atoms with Gasteiger partial charge in [0.25, 0.3) is 0 Å². The lowest BCUT2D eigenvalue weighted by Gasteiger charge is -2.09. The maximum absolute atomic E-state index is 12.0.